The van der Waals surface area contributed by atoms with Crippen LogP contribution in [0.25, 0.3) is 0 Å². The normalized spacial score (nSPS) is 22.6. The fourth-order valence-electron chi connectivity index (χ4n) is 2.28. The second-order valence-corrected chi connectivity index (χ2v) is 8.21. The largest absolute Gasteiger partial charge is 0.481 e. The zero-order chi connectivity index (χ0) is 15.4. The third-order valence-corrected chi connectivity index (χ3v) is 5.06. The number of thioether (sulfide) groups is 1. The molecule has 1 rings (SSSR count). The smallest absolute Gasteiger partial charge is 0.317 e. The Morgan fingerprint density at radius 1 is 1.40 bits per heavy atom. The molecule has 1 aliphatic heterocycles. The first-order valence-electron chi connectivity index (χ1n) is 7.05. The van der Waals surface area contributed by atoms with Gasteiger partial charge in [0.25, 0.3) is 0 Å². The van der Waals surface area contributed by atoms with Gasteiger partial charge in [-0.05, 0) is 46.3 Å². The van der Waals surface area contributed by atoms with Crippen LogP contribution in [0.5, 0.6) is 0 Å². The molecular formula is C14H26N2O3S. The maximum absolute atomic E-state index is 12.3. The van der Waals surface area contributed by atoms with Crippen LogP contribution in [0.2, 0.25) is 0 Å². The Balaban J connectivity index is 2.56. The molecule has 1 heterocycles. The van der Waals surface area contributed by atoms with Crippen LogP contribution in [0.4, 0.5) is 4.79 Å². The molecule has 0 aromatic heterocycles. The molecule has 1 unspecified atom stereocenters. The lowest BCUT2D eigenvalue weighted by Gasteiger charge is -2.36. The third-order valence-electron chi connectivity index (χ3n) is 3.52. The summed E-state index contributed by atoms with van der Waals surface area (Å²) < 4.78 is 0.117. The van der Waals surface area contributed by atoms with Crippen LogP contribution >= 0.6 is 11.8 Å². The summed E-state index contributed by atoms with van der Waals surface area (Å²) in [6, 6.07) is -0.174. The highest BCUT2D eigenvalue weighted by atomic mass is 32.2. The third kappa shape index (κ3) is 5.23. The monoisotopic (exact) mass is 302 g/mol. The zero-order valence-corrected chi connectivity index (χ0v) is 13.7. The number of hydrogen-bond acceptors (Lipinski definition) is 3. The molecule has 0 aliphatic carbocycles. The first kappa shape index (κ1) is 17.1. The van der Waals surface area contributed by atoms with Gasteiger partial charge in [0.15, 0.2) is 0 Å². The van der Waals surface area contributed by atoms with Crippen LogP contribution in [0.1, 0.15) is 47.0 Å². The van der Waals surface area contributed by atoms with Gasteiger partial charge in [0.05, 0.1) is 6.42 Å². The number of nitrogens with zero attached hydrogens (tertiary/aromatic N) is 1. The van der Waals surface area contributed by atoms with Crippen molar-refractivity contribution in [2.24, 2.45) is 0 Å². The predicted octanol–water partition coefficient (Wildman–Crippen LogP) is 2.56. The van der Waals surface area contributed by atoms with Gasteiger partial charge in [-0.1, -0.05) is 0 Å². The number of urea groups is 1. The Morgan fingerprint density at radius 2 is 2.05 bits per heavy atom. The van der Waals surface area contributed by atoms with Crippen LogP contribution in [0.15, 0.2) is 0 Å². The fourth-order valence-corrected chi connectivity index (χ4v) is 3.53. The second kappa shape index (κ2) is 6.70. The molecule has 116 valence electrons. The summed E-state index contributed by atoms with van der Waals surface area (Å²) in [5.74, 6) is 0.263. The van der Waals surface area contributed by atoms with E-state index in [1.165, 1.54) is 6.42 Å². The van der Waals surface area contributed by atoms with E-state index in [0.29, 0.717) is 6.54 Å². The van der Waals surface area contributed by atoms with Gasteiger partial charge in [-0.3, -0.25) is 4.79 Å². The highest BCUT2D eigenvalue weighted by Crippen LogP contribution is 2.37. The van der Waals surface area contributed by atoms with Gasteiger partial charge in [0.1, 0.15) is 0 Å². The molecule has 1 atom stereocenters. The maximum Gasteiger partial charge on any atom is 0.317 e. The molecule has 0 aromatic rings. The second-order valence-electron chi connectivity index (χ2n) is 6.53. The Morgan fingerprint density at radius 3 is 2.50 bits per heavy atom. The van der Waals surface area contributed by atoms with Gasteiger partial charge in [-0.15, -0.1) is 0 Å². The first-order chi connectivity index (χ1) is 9.14. The fraction of sp³-hybridized carbons (Fsp3) is 0.857. The summed E-state index contributed by atoms with van der Waals surface area (Å²) in [5.41, 5.74) is -0.386. The number of carboxylic acids is 1. The number of hydrogen-bond donors (Lipinski definition) is 2. The highest BCUT2D eigenvalue weighted by molar-refractivity contribution is 8.00. The summed E-state index contributed by atoms with van der Waals surface area (Å²) in [4.78, 5) is 24.6. The van der Waals surface area contributed by atoms with E-state index in [-0.39, 0.29) is 29.3 Å². The lowest BCUT2D eigenvalue weighted by molar-refractivity contribution is -0.137. The summed E-state index contributed by atoms with van der Waals surface area (Å²) in [5, 5.41) is 11.8. The van der Waals surface area contributed by atoms with Crippen LogP contribution in [0, 0.1) is 0 Å². The molecule has 6 heteroatoms. The van der Waals surface area contributed by atoms with E-state index >= 15 is 0 Å². The van der Waals surface area contributed by atoms with Gasteiger partial charge in [0.2, 0.25) is 0 Å². The van der Waals surface area contributed by atoms with Crippen molar-refractivity contribution in [3.05, 3.63) is 0 Å². The van der Waals surface area contributed by atoms with Crippen molar-refractivity contribution >= 4 is 23.8 Å². The minimum atomic E-state index is -0.884. The number of carbonyl (C=O) groups excluding carboxylic acids is 1. The molecular weight excluding hydrogens is 276 g/mol. The van der Waals surface area contributed by atoms with Gasteiger partial charge in [0, 0.05) is 23.4 Å². The van der Waals surface area contributed by atoms with E-state index in [0.717, 1.165) is 12.2 Å². The van der Waals surface area contributed by atoms with E-state index in [4.69, 9.17) is 5.11 Å². The minimum absolute atomic E-state index is 0.0310. The Labute approximate surface area is 125 Å². The van der Waals surface area contributed by atoms with E-state index in [1.807, 2.05) is 32.5 Å². The SMILES string of the molecule is CC1(CNC(=O)N(CCC(=O)O)C(C)(C)C)CCCS1. The maximum atomic E-state index is 12.3. The van der Waals surface area contributed by atoms with E-state index in [1.54, 1.807) is 4.90 Å². The van der Waals surface area contributed by atoms with Crippen LogP contribution in [0.3, 0.4) is 0 Å². The van der Waals surface area contributed by atoms with Gasteiger partial charge in [-0.2, -0.15) is 11.8 Å². The predicted molar refractivity (Wildman–Crippen MR) is 82.2 cm³/mol. The van der Waals surface area contributed by atoms with Crippen molar-refractivity contribution in [1.82, 2.24) is 10.2 Å². The van der Waals surface area contributed by atoms with Crippen molar-refractivity contribution in [3.63, 3.8) is 0 Å². The van der Waals surface area contributed by atoms with E-state index in [2.05, 4.69) is 12.2 Å². The number of carboxylic acid groups (broad SMARTS) is 1. The minimum Gasteiger partial charge on any atom is -0.481 e. The number of carbonyl (C=O) groups is 2. The lowest BCUT2D eigenvalue weighted by Crippen LogP contribution is -2.53. The van der Waals surface area contributed by atoms with Crippen molar-refractivity contribution in [2.45, 2.75) is 57.2 Å². The number of amides is 2. The van der Waals surface area contributed by atoms with E-state index < -0.39 is 5.97 Å². The molecule has 0 aromatic carbocycles. The van der Waals surface area contributed by atoms with Gasteiger partial charge >= 0.3 is 12.0 Å². The molecule has 20 heavy (non-hydrogen) atoms. The van der Waals surface area contributed by atoms with E-state index in [9.17, 15) is 9.59 Å². The molecule has 0 bridgehead atoms. The summed E-state index contributed by atoms with van der Waals surface area (Å²) in [6.07, 6.45) is 2.28. The molecule has 1 fully saturated rings. The van der Waals surface area contributed by atoms with Crippen molar-refractivity contribution in [2.75, 3.05) is 18.8 Å². The number of rotatable bonds is 5. The summed E-state index contributed by atoms with van der Waals surface area (Å²) in [7, 11) is 0. The summed E-state index contributed by atoms with van der Waals surface area (Å²) >= 11 is 1.90. The van der Waals surface area contributed by atoms with Gasteiger partial charge < -0.3 is 15.3 Å². The molecule has 0 saturated carbocycles. The average molecular weight is 302 g/mol. The van der Waals surface area contributed by atoms with Crippen LogP contribution in [-0.4, -0.2) is 51.1 Å². The van der Waals surface area contributed by atoms with Crippen molar-refractivity contribution in [1.29, 1.82) is 0 Å². The lowest BCUT2D eigenvalue weighted by atomic mass is 10.1. The highest BCUT2D eigenvalue weighted by Gasteiger charge is 2.32. The van der Waals surface area contributed by atoms with Crippen molar-refractivity contribution in [3.8, 4) is 0 Å². The standard InChI is InChI=1S/C14H26N2O3S/c1-13(2,3)16(8-6-11(17)18)12(19)15-10-14(4)7-5-9-20-14/h5-10H2,1-4H3,(H,15,19)(H,17,18). The first-order valence-corrected chi connectivity index (χ1v) is 8.04. The molecule has 1 saturated heterocycles. The Hall–Kier alpha value is -0.910. The summed E-state index contributed by atoms with van der Waals surface area (Å²) in [6.45, 7) is 8.79. The van der Waals surface area contributed by atoms with Gasteiger partial charge in [-0.25, -0.2) is 4.79 Å². The zero-order valence-electron chi connectivity index (χ0n) is 12.9. The average Bonchev–Trinajstić information content (AvgIpc) is 2.72. The quantitative estimate of drug-likeness (QED) is 0.819. The van der Waals surface area contributed by atoms with Crippen LogP contribution in [-0.2, 0) is 4.79 Å². The molecule has 2 N–H and O–H groups in total. The van der Waals surface area contributed by atoms with Crippen molar-refractivity contribution < 1.29 is 14.7 Å². The molecule has 0 spiro atoms. The molecule has 0 radical (unpaired) electrons. The molecule has 5 nitrogen and oxygen atoms in total. The number of aliphatic carboxylic acids is 1. The topological polar surface area (TPSA) is 69.6 Å². The van der Waals surface area contributed by atoms with Crippen LogP contribution < -0.4 is 5.32 Å². The molecule has 1 aliphatic rings. The Kier molecular flexibility index (Phi) is 5.74. The Bertz CT molecular complexity index is 360. The molecule has 2 amide bonds. The number of nitrogens with one attached hydrogen (secondary N) is 1.